The van der Waals surface area contributed by atoms with E-state index in [4.69, 9.17) is 0 Å². The van der Waals surface area contributed by atoms with Gasteiger partial charge in [-0.25, -0.2) is 4.98 Å². The Morgan fingerprint density at radius 3 is 3.14 bits per heavy atom. The summed E-state index contributed by atoms with van der Waals surface area (Å²) in [4.78, 5) is 4.29. The lowest BCUT2D eigenvalue weighted by Gasteiger charge is -1.96. The van der Waals surface area contributed by atoms with Crippen molar-refractivity contribution in [3.63, 3.8) is 0 Å². The Labute approximate surface area is 85.8 Å². The molecule has 6 heteroatoms. The van der Waals surface area contributed by atoms with Crippen LogP contribution < -0.4 is 5.32 Å². The number of aromatic nitrogens is 4. The molecule has 0 unspecified atom stereocenters. The lowest BCUT2D eigenvalue weighted by Crippen LogP contribution is -1.97. The topological polar surface area (TPSA) is 66.5 Å². The molecule has 2 rings (SSSR count). The third-order valence-electron chi connectivity index (χ3n) is 1.78. The molecule has 0 saturated heterocycles. The lowest BCUT2D eigenvalue weighted by atomic mass is 10.4. The summed E-state index contributed by atoms with van der Waals surface area (Å²) in [7, 11) is 0. The fourth-order valence-corrected chi connectivity index (χ4v) is 1.67. The number of rotatable bonds is 4. The van der Waals surface area contributed by atoms with Crippen LogP contribution in [0, 0.1) is 0 Å². The minimum Gasteiger partial charge on any atom is -0.356 e. The fraction of sp³-hybridized carbons (Fsp3) is 0.375. The molecular weight excluding hydrogens is 198 g/mol. The van der Waals surface area contributed by atoms with Gasteiger partial charge in [-0.2, -0.15) is 9.47 Å². The van der Waals surface area contributed by atoms with Crippen molar-refractivity contribution in [1.82, 2.24) is 19.6 Å². The van der Waals surface area contributed by atoms with Crippen LogP contribution >= 0.6 is 11.5 Å². The summed E-state index contributed by atoms with van der Waals surface area (Å²) in [5.41, 5.74) is 1.11. The van der Waals surface area contributed by atoms with Crippen molar-refractivity contribution in [3.05, 3.63) is 23.8 Å². The summed E-state index contributed by atoms with van der Waals surface area (Å²) in [6.07, 6.45) is 4.52. The van der Waals surface area contributed by atoms with Gasteiger partial charge in [0.2, 0.25) is 5.13 Å². The molecule has 0 spiro atoms. The molecule has 0 amide bonds. The zero-order valence-corrected chi connectivity index (χ0v) is 8.64. The van der Waals surface area contributed by atoms with E-state index in [0.717, 1.165) is 29.5 Å². The molecule has 0 radical (unpaired) electrons. The number of hydrogen-bond donors (Lipinski definition) is 2. The van der Waals surface area contributed by atoms with E-state index in [2.05, 4.69) is 24.9 Å². The van der Waals surface area contributed by atoms with E-state index in [9.17, 15) is 0 Å². The summed E-state index contributed by atoms with van der Waals surface area (Å²) in [6.45, 7) is 2.77. The molecule has 2 aromatic rings. The smallest absolute Gasteiger partial charge is 0.202 e. The highest BCUT2D eigenvalue weighted by atomic mass is 32.1. The van der Waals surface area contributed by atoms with Gasteiger partial charge in [0.15, 0.2) is 0 Å². The number of nitrogens with zero attached hydrogens (tertiary/aromatic N) is 3. The molecular formula is C8H11N5S. The van der Waals surface area contributed by atoms with Crippen molar-refractivity contribution in [1.29, 1.82) is 0 Å². The molecule has 0 bridgehead atoms. The molecule has 0 aliphatic rings. The highest BCUT2D eigenvalue weighted by Crippen LogP contribution is 2.12. The first-order valence-electron chi connectivity index (χ1n) is 4.42. The summed E-state index contributed by atoms with van der Waals surface area (Å²) < 4.78 is 4.18. The van der Waals surface area contributed by atoms with Crippen molar-refractivity contribution in [2.75, 3.05) is 5.32 Å². The second kappa shape index (κ2) is 4.19. The van der Waals surface area contributed by atoms with Gasteiger partial charge < -0.3 is 5.32 Å². The predicted molar refractivity (Wildman–Crippen MR) is 55.2 cm³/mol. The van der Waals surface area contributed by atoms with Crippen LogP contribution in [0.1, 0.15) is 18.3 Å². The minimum absolute atomic E-state index is 0.731. The molecule has 0 aromatic carbocycles. The summed E-state index contributed by atoms with van der Waals surface area (Å²) >= 11 is 1.39. The Balaban J connectivity index is 1.92. The zero-order valence-electron chi connectivity index (χ0n) is 7.82. The first-order valence-corrected chi connectivity index (χ1v) is 5.20. The van der Waals surface area contributed by atoms with E-state index in [0.29, 0.717) is 0 Å². The van der Waals surface area contributed by atoms with Gasteiger partial charge in [0.25, 0.3) is 0 Å². The molecule has 74 valence electrons. The van der Waals surface area contributed by atoms with Crippen LogP contribution in [-0.4, -0.2) is 19.6 Å². The number of aryl methyl sites for hydroxylation is 1. The normalized spacial score (nSPS) is 10.4. The molecule has 14 heavy (non-hydrogen) atoms. The van der Waals surface area contributed by atoms with Crippen LogP contribution in [0.3, 0.4) is 0 Å². The second-order valence-corrected chi connectivity index (χ2v) is 3.58. The van der Waals surface area contributed by atoms with Crippen LogP contribution in [0.15, 0.2) is 12.4 Å². The van der Waals surface area contributed by atoms with Gasteiger partial charge >= 0.3 is 0 Å². The standard InChI is InChI=1S/C8H11N5S/c1-2-7-12-8(14-13-7)9-3-6-4-10-11-5-6/h4-5H,2-3H2,1H3,(H,10,11)(H,9,12,13). The Morgan fingerprint density at radius 2 is 2.50 bits per heavy atom. The maximum absolute atomic E-state index is 4.29. The van der Waals surface area contributed by atoms with E-state index < -0.39 is 0 Å². The molecule has 0 aliphatic heterocycles. The molecule has 0 saturated carbocycles. The Bertz CT molecular complexity index is 380. The monoisotopic (exact) mass is 209 g/mol. The number of hydrogen-bond acceptors (Lipinski definition) is 5. The molecule has 0 atom stereocenters. The van der Waals surface area contributed by atoms with Crippen LogP contribution in [0.25, 0.3) is 0 Å². The maximum atomic E-state index is 4.29. The molecule has 2 aromatic heterocycles. The average Bonchev–Trinajstić information content (AvgIpc) is 2.86. The largest absolute Gasteiger partial charge is 0.356 e. The highest BCUT2D eigenvalue weighted by Gasteiger charge is 2.01. The SMILES string of the molecule is CCc1nsc(NCc2cn[nH]c2)n1. The van der Waals surface area contributed by atoms with Gasteiger partial charge in [-0.05, 0) is 0 Å². The molecule has 5 nitrogen and oxygen atoms in total. The first kappa shape index (κ1) is 9.14. The molecule has 2 heterocycles. The van der Waals surface area contributed by atoms with E-state index in [1.165, 1.54) is 11.5 Å². The van der Waals surface area contributed by atoms with Crippen LogP contribution in [0.2, 0.25) is 0 Å². The number of nitrogens with one attached hydrogen (secondary N) is 2. The van der Waals surface area contributed by atoms with Gasteiger partial charge in [0.1, 0.15) is 5.82 Å². The van der Waals surface area contributed by atoms with Crippen molar-refractivity contribution in [2.24, 2.45) is 0 Å². The summed E-state index contributed by atoms with van der Waals surface area (Å²) in [6, 6.07) is 0. The van der Waals surface area contributed by atoms with Crippen molar-refractivity contribution in [3.8, 4) is 0 Å². The van der Waals surface area contributed by atoms with Crippen molar-refractivity contribution < 1.29 is 0 Å². The van der Waals surface area contributed by atoms with Gasteiger partial charge in [-0.15, -0.1) is 0 Å². The van der Waals surface area contributed by atoms with Crippen molar-refractivity contribution >= 4 is 16.7 Å². The molecule has 2 N–H and O–H groups in total. The van der Waals surface area contributed by atoms with Gasteiger partial charge in [-0.1, -0.05) is 6.92 Å². The second-order valence-electron chi connectivity index (χ2n) is 2.83. The predicted octanol–water partition coefficient (Wildman–Crippen LogP) is 1.44. The minimum atomic E-state index is 0.731. The van der Waals surface area contributed by atoms with Gasteiger partial charge in [0.05, 0.1) is 6.20 Å². The van der Waals surface area contributed by atoms with Crippen LogP contribution in [0.5, 0.6) is 0 Å². The highest BCUT2D eigenvalue weighted by molar-refractivity contribution is 7.09. The number of H-pyrrole nitrogens is 1. The summed E-state index contributed by atoms with van der Waals surface area (Å²) in [5, 5.41) is 10.7. The number of aromatic amines is 1. The third kappa shape index (κ3) is 2.08. The Hall–Kier alpha value is -1.43. The quantitative estimate of drug-likeness (QED) is 0.799. The van der Waals surface area contributed by atoms with Crippen LogP contribution in [-0.2, 0) is 13.0 Å². The maximum Gasteiger partial charge on any atom is 0.202 e. The van der Waals surface area contributed by atoms with Crippen LogP contribution in [0.4, 0.5) is 5.13 Å². The Morgan fingerprint density at radius 1 is 1.57 bits per heavy atom. The Kier molecular flexibility index (Phi) is 2.73. The van der Waals surface area contributed by atoms with E-state index in [1.807, 2.05) is 13.1 Å². The van der Waals surface area contributed by atoms with Crippen molar-refractivity contribution in [2.45, 2.75) is 19.9 Å². The van der Waals surface area contributed by atoms with E-state index >= 15 is 0 Å². The van der Waals surface area contributed by atoms with Gasteiger partial charge in [-0.3, -0.25) is 5.10 Å². The third-order valence-corrected chi connectivity index (χ3v) is 2.49. The average molecular weight is 209 g/mol. The number of anilines is 1. The zero-order chi connectivity index (χ0) is 9.80. The van der Waals surface area contributed by atoms with E-state index in [-0.39, 0.29) is 0 Å². The van der Waals surface area contributed by atoms with Gasteiger partial charge in [0, 0.05) is 36.3 Å². The summed E-state index contributed by atoms with van der Waals surface area (Å²) in [5.74, 6) is 0.893. The molecule has 0 aliphatic carbocycles. The first-order chi connectivity index (χ1) is 6.88. The molecule has 0 fully saturated rings. The van der Waals surface area contributed by atoms with E-state index in [1.54, 1.807) is 6.20 Å². The fourth-order valence-electron chi connectivity index (χ4n) is 1.02. The lowest BCUT2D eigenvalue weighted by molar-refractivity contribution is 0.993.